The highest BCUT2D eigenvalue weighted by Gasteiger charge is 2.05. The molecule has 46 heavy (non-hydrogen) atoms. The van der Waals surface area contributed by atoms with Gasteiger partial charge in [-0.15, -0.1) is 0 Å². The van der Waals surface area contributed by atoms with Gasteiger partial charge in [0.05, 0.1) is 9.47 Å². The van der Waals surface area contributed by atoms with Crippen molar-refractivity contribution in [1.82, 2.24) is 0 Å². The van der Waals surface area contributed by atoms with Gasteiger partial charge in [0.25, 0.3) is 0 Å². The third-order valence-electron chi connectivity index (χ3n) is 6.23. The maximum atomic E-state index is 10.9. The molecule has 0 aromatic heterocycles. The van der Waals surface area contributed by atoms with E-state index in [2.05, 4.69) is 9.47 Å². The number of hydrogen-bond donors (Lipinski definition) is 1. The molecule has 9 heteroatoms. The lowest BCUT2D eigenvalue weighted by Gasteiger charge is -2.10. The molecular weight excluding hydrogens is 618 g/mol. The van der Waals surface area contributed by atoms with Crippen molar-refractivity contribution in [3.63, 3.8) is 0 Å². The first-order valence-electron chi connectivity index (χ1n) is 14.1. The predicted molar refractivity (Wildman–Crippen MR) is 183 cm³/mol. The number of phenolic OH excluding ortho intramolecular Hbond substituents is 1. The van der Waals surface area contributed by atoms with Gasteiger partial charge in [-0.3, -0.25) is 4.57 Å². The van der Waals surface area contributed by atoms with Crippen LogP contribution in [0.3, 0.4) is 0 Å². The second-order valence-corrected chi connectivity index (χ2v) is 10.8. The van der Waals surface area contributed by atoms with E-state index in [0.29, 0.717) is 51.3 Å². The molecular formula is C37H30O7P2. The fourth-order valence-electron chi connectivity index (χ4n) is 4.19. The number of hydrogen-bond acceptors (Lipinski definition) is 7. The van der Waals surface area contributed by atoms with Crippen LogP contribution >= 0.6 is 17.9 Å². The van der Waals surface area contributed by atoms with Crippen LogP contribution in [-0.4, -0.2) is 5.11 Å². The van der Waals surface area contributed by atoms with Gasteiger partial charge in [0, 0.05) is 29.6 Å². The van der Waals surface area contributed by atoms with Gasteiger partial charge in [-0.05, 0) is 91.3 Å². The highest BCUT2D eigenvalue weighted by atomic mass is 31.1. The van der Waals surface area contributed by atoms with Gasteiger partial charge < -0.3 is 28.6 Å². The molecule has 6 aromatic rings. The smallest absolute Gasteiger partial charge is 0.192 e. The van der Waals surface area contributed by atoms with Gasteiger partial charge in [0.2, 0.25) is 0 Å². The molecule has 0 aliphatic rings. The van der Waals surface area contributed by atoms with Gasteiger partial charge in [0.1, 0.15) is 57.5 Å². The molecule has 0 heterocycles. The Bertz CT molecular complexity index is 1850. The van der Waals surface area contributed by atoms with Crippen LogP contribution in [0, 0.1) is 6.92 Å². The summed E-state index contributed by atoms with van der Waals surface area (Å²) in [4.78, 5) is 0. The van der Waals surface area contributed by atoms with Gasteiger partial charge >= 0.3 is 0 Å². The Morgan fingerprint density at radius 3 is 1.30 bits per heavy atom. The lowest BCUT2D eigenvalue weighted by Crippen LogP contribution is -1.92. The molecule has 230 valence electrons. The topological polar surface area (TPSA) is 83.5 Å². The van der Waals surface area contributed by atoms with E-state index in [4.69, 9.17) is 23.5 Å². The average Bonchev–Trinajstić information content (AvgIpc) is 3.06. The minimum atomic E-state index is -0.0350. The fraction of sp³-hybridized carbons (Fsp3) is 0.0270. The highest BCUT2D eigenvalue weighted by Crippen LogP contribution is 2.31. The number of benzene rings is 6. The fourth-order valence-corrected chi connectivity index (χ4v) is 4.66. The zero-order chi connectivity index (χ0) is 32.1. The lowest BCUT2D eigenvalue weighted by molar-refractivity contribution is 0.448. The molecule has 0 saturated heterocycles. The van der Waals surface area contributed by atoms with Crippen LogP contribution in [0.1, 0.15) is 5.56 Å². The first kappa shape index (κ1) is 32.1. The van der Waals surface area contributed by atoms with Crippen LogP contribution in [0.25, 0.3) is 0 Å². The summed E-state index contributed by atoms with van der Waals surface area (Å²) in [6, 6.07) is 43.7. The maximum Gasteiger partial charge on any atom is 0.192 e. The largest absolute Gasteiger partial charge is 0.508 e. The quantitative estimate of drug-likeness (QED) is 0.148. The SMILES string of the molecule is Cc1cccc(Oc2cccc(Oc3cccc(O)c3)c2)c1.O=Pc1cccc(Oc2cccc(Oc3cccc(OP)c3)c2)c1. The Labute approximate surface area is 271 Å². The molecule has 0 bridgehead atoms. The second kappa shape index (κ2) is 16.1. The summed E-state index contributed by atoms with van der Waals surface area (Å²) in [7, 11) is 2.17. The van der Waals surface area contributed by atoms with E-state index in [9.17, 15) is 9.67 Å². The number of aromatic hydroxyl groups is 1. The van der Waals surface area contributed by atoms with E-state index in [0.717, 1.165) is 11.3 Å². The van der Waals surface area contributed by atoms with E-state index >= 15 is 0 Å². The zero-order valence-corrected chi connectivity index (χ0v) is 26.8. The molecule has 0 spiro atoms. The minimum Gasteiger partial charge on any atom is -0.508 e. The summed E-state index contributed by atoms with van der Waals surface area (Å²) in [6.07, 6.45) is 0. The first-order valence-corrected chi connectivity index (χ1v) is 15.4. The highest BCUT2D eigenvalue weighted by molar-refractivity contribution is 7.34. The van der Waals surface area contributed by atoms with Crippen LogP contribution in [0.4, 0.5) is 0 Å². The molecule has 0 aliphatic carbocycles. The molecule has 0 radical (unpaired) electrons. The average molecular weight is 649 g/mol. The van der Waals surface area contributed by atoms with Gasteiger partial charge in [-0.25, -0.2) is 0 Å². The Hall–Kier alpha value is -5.35. The van der Waals surface area contributed by atoms with E-state index in [1.807, 2.05) is 97.9 Å². The van der Waals surface area contributed by atoms with E-state index in [1.54, 1.807) is 54.6 Å². The summed E-state index contributed by atoms with van der Waals surface area (Å²) >= 11 is 0. The molecule has 6 rings (SSSR count). The second-order valence-electron chi connectivity index (χ2n) is 9.85. The molecule has 7 nitrogen and oxygen atoms in total. The van der Waals surface area contributed by atoms with Crippen LogP contribution in [0.5, 0.6) is 57.5 Å². The molecule has 0 amide bonds. The number of phenols is 1. The minimum absolute atomic E-state index is 0.0350. The monoisotopic (exact) mass is 648 g/mol. The molecule has 0 aliphatic heterocycles. The molecule has 1 unspecified atom stereocenters. The van der Waals surface area contributed by atoms with Crippen LogP contribution in [0.2, 0.25) is 0 Å². The number of ether oxygens (including phenoxy) is 4. The summed E-state index contributed by atoms with van der Waals surface area (Å²) < 4.78 is 39.2. The first-order chi connectivity index (χ1) is 22.4. The summed E-state index contributed by atoms with van der Waals surface area (Å²) in [5.41, 5.74) is 1.14. The predicted octanol–water partition coefficient (Wildman–Crippen LogP) is 10.6. The van der Waals surface area contributed by atoms with Crippen molar-refractivity contribution in [2.24, 2.45) is 0 Å². The third kappa shape index (κ3) is 9.83. The van der Waals surface area contributed by atoms with Crippen molar-refractivity contribution >= 4 is 23.2 Å². The van der Waals surface area contributed by atoms with Gasteiger partial charge in [-0.1, -0.05) is 42.5 Å². The number of rotatable bonds is 10. The summed E-state index contributed by atoms with van der Waals surface area (Å²) in [5.74, 6) is 6.13. The summed E-state index contributed by atoms with van der Waals surface area (Å²) in [5, 5.41) is 10.1. The zero-order valence-electron chi connectivity index (χ0n) is 24.8. The molecule has 1 N–H and O–H groups in total. The van der Waals surface area contributed by atoms with Crippen LogP contribution in [-0.2, 0) is 4.57 Å². The van der Waals surface area contributed by atoms with Crippen molar-refractivity contribution in [2.75, 3.05) is 0 Å². The van der Waals surface area contributed by atoms with Crippen molar-refractivity contribution in [2.45, 2.75) is 6.92 Å². The molecule has 6 aromatic carbocycles. The lowest BCUT2D eigenvalue weighted by atomic mass is 10.2. The Morgan fingerprint density at radius 1 is 0.478 bits per heavy atom. The molecule has 0 fully saturated rings. The standard InChI is InChI=1S/C19H16O3.C18H14O4P2/c1-14-5-2-7-16(11-14)21-18-9-4-10-19(13-18)22-17-8-3-6-15(20)12-17;19-24-18-9-3-7-16(12-18)21-14-5-1-4-13(10-14)20-15-6-2-8-17(11-15)22-23/h2-13,20H,1H3;1-12H,23H2. The van der Waals surface area contributed by atoms with Gasteiger partial charge in [-0.2, -0.15) is 0 Å². The van der Waals surface area contributed by atoms with Crippen molar-refractivity contribution in [3.8, 4) is 57.5 Å². The van der Waals surface area contributed by atoms with Crippen molar-refractivity contribution in [3.05, 3.63) is 151 Å². The van der Waals surface area contributed by atoms with Crippen LogP contribution < -0.4 is 28.8 Å². The van der Waals surface area contributed by atoms with E-state index in [1.165, 1.54) is 0 Å². The van der Waals surface area contributed by atoms with Crippen molar-refractivity contribution < 1.29 is 33.1 Å². The van der Waals surface area contributed by atoms with E-state index in [-0.39, 0.29) is 14.2 Å². The van der Waals surface area contributed by atoms with E-state index < -0.39 is 0 Å². The molecule has 1 atom stereocenters. The normalized spacial score (nSPS) is 10.3. The van der Waals surface area contributed by atoms with Gasteiger partial charge in [0.15, 0.2) is 8.46 Å². The third-order valence-corrected chi connectivity index (χ3v) is 6.99. The van der Waals surface area contributed by atoms with Crippen LogP contribution in [0.15, 0.2) is 146 Å². The maximum absolute atomic E-state index is 10.9. The Morgan fingerprint density at radius 2 is 0.848 bits per heavy atom. The Balaban J connectivity index is 0.000000182. The molecule has 0 saturated carbocycles. The summed E-state index contributed by atoms with van der Waals surface area (Å²) in [6.45, 7) is 2.02. The number of aryl methyl sites for hydroxylation is 1. The Kier molecular flexibility index (Phi) is 11.2. The van der Waals surface area contributed by atoms with Crippen molar-refractivity contribution in [1.29, 1.82) is 0 Å².